The number of rotatable bonds is 4. The van der Waals surface area contributed by atoms with E-state index in [-0.39, 0.29) is 24.2 Å². The molecule has 1 amide bonds. The van der Waals surface area contributed by atoms with Crippen LogP contribution in [0.4, 0.5) is 19.0 Å². The highest BCUT2D eigenvalue weighted by molar-refractivity contribution is 6.02. The molecule has 3 heterocycles. The van der Waals surface area contributed by atoms with Crippen LogP contribution < -0.4 is 10.1 Å². The minimum absolute atomic E-state index is 0.136. The molecule has 2 N–H and O–H groups in total. The van der Waals surface area contributed by atoms with E-state index in [0.717, 1.165) is 10.7 Å². The van der Waals surface area contributed by atoms with Gasteiger partial charge in [0.1, 0.15) is 11.8 Å². The Balaban J connectivity index is 1.83. The third kappa shape index (κ3) is 4.88. The summed E-state index contributed by atoms with van der Waals surface area (Å²) < 4.78 is 49.1. The van der Waals surface area contributed by atoms with Gasteiger partial charge in [-0.3, -0.25) is 14.2 Å². The van der Waals surface area contributed by atoms with Gasteiger partial charge in [0.15, 0.2) is 5.82 Å². The first-order valence-corrected chi connectivity index (χ1v) is 8.85. The molecular weight excluding hydrogens is 395 g/mol. The monoisotopic (exact) mass is 417 g/mol. The van der Waals surface area contributed by atoms with Gasteiger partial charge in [0.2, 0.25) is 5.88 Å². The smallest absolute Gasteiger partial charge is 0.391 e. The largest absolute Gasteiger partial charge is 0.574 e. The van der Waals surface area contributed by atoms with Crippen LogP contribution in [-0.4, -0.2) is 49.6 Å². The van der Waals surface area contributed by atoms with E-state index in [1.54, 1.807) is 10.7 Å². The van der Waals surface area contributed by atoms with Crippen molar-refractivity contribution in [3.8, 4) is 5.88 Å². The number of hydrogen-bond donors (Lipinski definition) is 2. The van der Waals surface area contributed by atoms with Crippen LogP contribution in [-0.2, 0) is 17.3 Å². The van der Waals surface area contributed by atoms with Crippen molar-refractivity contribution in [3.63, 3.8) is 0 Å². The highest BCUT2D eigenvalue weighted by Gasteiger charge is 2.34. The lowest BCUT2D eigenvalue weighted by molar-refractivity contribution is -0.276. The second kappa shape index (κ2) is 7.34. The first-order chi connectivity index (χ1) is 13.3. The van der Waals surface area contributed by atoms with E-state index in [2.05, 4.69) is 20.3 Å². The molecule has 1 fully saturated rings. The molecule has 0 saturated carbocycles. The van der Waals surface area contributed by atoms with Crippen molar-refractivity contribution in [1.29, 1.82) is 0 Å². The lowest BCUT2D eigenvalue weighted by atomic mass is 10.1. The zero-order valence-electron chi connectivity index (χ0n) is 16.3. The third-order valence-corrected chi connectivity index (χ3v) is 4.23. The number of halogens is 3. The molecule has 2 aromatic heterocycles. The van der Waals surface area contributed by atoms with Gasteiger partial charge < -0.3 is 19.9 Å². The average molecular weight is 417 g/mol. The molecular formula is C17H22F3N5O4. The molecule has 2 unspecified atom stereocenters. The zero-order valence-corrected chi connectivity index (χ0v) is 16.3. The number of aryl methyl sites for hydroxylation is 1. The van der Waals surface area contributed by atoms with Crippen LogP contribution in [0.2, 0.25) is 0 Å². The number of amides is 1. The van der Waals surface area contributed by atoms with Gasteiger partial charge >= 0.3 is 6.36 Å². The highest BCUT2D eigenvalue weighted by Crippen LogP contribution is 2.33. The maximum absolute atomic E-state index is 12.5. The van der Waals surface area contributed by atoms with Crippen LogP contribution in [0.5, 0.6) is 5.88 Å². The van der Waals surface area contributed by atoms with Crippen LogP contribution in [0.15, 0.2) is 12.1 Å². The molecule has 2 aromatic rings. The summed E-state index contributed by atoms with van der Waals surface area (Å²) >= 11 is 0. The van der Waals surface area contributed by atoms with Crippen molar-refractivity contribution in [2.24, 2.45) is 7.05 Å². The lowest BCUT2D eigenvalue weighted by Crippen LogP contribution is -2.26. The first-order valence-electron chi connectivity index (χ1n) is 8.85. The van der Waals surface area contributed by atoms with Gasteiger partial charge in [0.05, 0.1) is 23.9 Å². The van der Waals surface area contributed by atoms with E-state index in [1.165, 1.54) is 7.05 Å². The third-order valence-electron chi connectivity index (χ3n) is 4.23. The maximum atomic E-state index is 12.5. The zero-order chi connectivity index (χ0) is 21.6. The summed E-state index contributed by atoms with van der Waals surface area (Å²) in [6, 6.07) is 2.51. The van der Waals surface area contributed by atoms with Crippen LogP contribution in [0.1, 0.15) is 49.5 Å². The van der Waals surface area contributed by atoms with Gasteiger partial charge in [-0.15, -0.1) is 18.3 Å². The molecule has 0 aromatic carbocycles. The number of ether oxygens (including phenoxy) is 2. The predicted octanol–water partition coefficient (Wildman–Crippen LogP) is 2.34. The second-order valence-corrected chi connectivity index (χ2v) is 7.74. The molecule has 160 valence electrons. The Morgan fingerprint density at radius 3 is 2.55 bits per heavy atom. The number of aliphatic hydroxyl groups is 1. The molecule has 29 heavy (non-hydrogen) atoms. The normalized spacial score (nSPS) is 20.1. The summed E-state index contributed by atoms with van der Waals surface area (Å²) in [5, 5.41) is 20.2. The number of anilines is 1. The van der Waals surface area contributed by atoms with Crippen LogP contribution in [0, 0.1) is 0 Å². The molecule has 1 aliphatic heterocycles. The fourth-order valence-corrected chi connectivity index (χ4v) is 3.04. The van der Waals surface area contributed by atoms with E-state index in [1.807, 2.05) is 20.8 Å². The number of carbonyl (C=O) groups excluding carboxylic acids is 1. The molecule has 3 rings (SSSR count). The molecule has 0 radical (unpaired) electrons. The number of alkyl halides is 3. The Morgan fingerprint density at radius 1 is 1.31 bits per heavy atom. The van der Waals surface area contributed by atoms with Gasteiger partial charge in [-0.25, -0.2) is 0 Å². The summed E-state index contributed by atoms with van der Waals surface area (Å²) in [6.07, 6.45) is -5.47. The fraction of sp³-hybridized carbons (Fsp3) is 0.588. The predicted molar refractivity (Wildman–Crippen MR) is 94.4 cm³/mol. The summed E-state index contributed by atoms with van der Waals surface area (Å²) in [5.74, 6) is -1.24. The van der Waals surface area contributed by atoms with Gasteiger partial charge in [-0.2, -0.15) is 5.10 Å². The first kappa shape index (κ1) is 21.1. The summed E-state index contributed by atoms with van der Waals surface area (Å²) in [5.41, 5.74) is 0.106. The summed E-state index contributed by atoms with van der Waals surface area (Å²) in [4.78, 5) is 12.5. The van der Waals surface area contributed by atoms with Crippen molar-refractivity contribution in [2.75, 3.05) is 11.9 Å². The summed E-state index contributed by atoms with van der Waals surface area (Å²) in [6.45, 7) is 5.96. The van der Waals surface area contributed by atoms with E-state index in [4.69, 9.17) is 4.74 Å². The lowest BCUT2D eigenvalue weighted by Gasteiger charge is -2.24. The Kier molecular flexibility index (Phi) is 5.34. The van der Waals surface area contributed by atoms with E-state index in [9.17, 15) is 23.1 Å². The van der Waals surface area contributed by atoms with Crippen LogP contribution in [0.25, 0.3) is 0 Å². The Labute approximate surface area is 164 Å². The highest BCUT2D eigenvalue weighted by atomic mass is 19.4. The molecule has 2 atom stereocenters. The van der Waals surface area contributed by atoms with E-state index < -0.39 is 29.8 Å². The van der Waals surface area contributed by atoms with E-state index in [0.29, 0.717) is 12.1 Å². The SMILES string of the molecule is Cn1nc(OC(F)(F)F)cc1C(=O)Nc1cc(C2CC(O)CO2)n(C(C)(C)C)n1. The number of aromatic nitrogens is 4. The van der Waals surface area contributed by atoms with Crippen LogP contribution >= 0.6 is 0 Å². The molecule has 1 saturated heterocycles. The number of hydrogen-bond acceptors (Lipinski definition) is 6. The molecule has 0 spiro atoms. The van der Waals surface area contributed by atoms with Gasteiger partial charge in [-0.05, 0) is 20.8 Å². The second-order valence-electron chi connectivity index (χ2n) is 7.74. The number of carbonyl (C=O) groups is 1. The number of nitrogens with zero attached hydrogens (tertiary/aromatic N) is 4. The standard InChI is InChI=1S/C17H22F3N5O4/c1-16(2,3)25-10(12-5-9(26)8-28-12)6-13(22-25)21-15(27)11-7-14(23-24(11)4)29-17(18,19)20/h6-7,9,12,26H,5,8H2,1-4H3,(H,21,22,27). The number of aliphatic hydroxyl groups excluding tert-OH is 1. The fourth-order valence-electron chi connectivity index (χ4n) is 3.04. The maximum Gasteiger partial charge on any atom is 0.574 e. The molecule has 0 aliphatic carbocycles. The van der Waals surface area contributed by atoms with Crippen molar-refractivity contribution in [2.45, 2.75) is 51.3 Å². The minimum Gasteiger partial charge on any atom is -0.391 e. The van der Waals surface area contributed by atoms with Crippen molar-refractivity contribution in [3.05, 3.63) is 23.5 Å². The van der Waals surface area contributed by atoms with Gasteiger partial charge in [0.25, 0.3) is 5.91 Å². The minimum atomic E-state index is -4.91. The molecule has 1 aliphatic rings. The Morgan fingerprint density at radius 2 is 2.00 bits per heavy atom. The van der Waals surface area contributed by atoms with Gasteiger partial charge in [0, 0.05) is 25.6 Å². The summed E-state index contributed by atoms with van der Waals surface area (Å²) in [7, 11) is 1.32. The van der Waals surface area contributed by atoms with Crippen molar-refractivity contribution >= 4 is 11.7 Å². The van der Waals surface area contributed by atoms with Crippen molar-refractivity contribution in [1.82, 2.24) is 19.6 Å². The Hall–Kier alpha value is -2.60. The Bertz CT molecular complexity index is 900. The average Bonchev–Trinajstić information content (AvgIpc) is 3.23. The molecule has 12 heteroatoms. The molecule has 0 bridgehead atoms. The van der Waals surface area contributed by atoms with Crippen LogP contribution in [0.3, 0.4) is 0 Å². The topological polar surface area (TPSA) is 103 Å². The van der Waals surface area contributed by atoms with Gasteiger partial charge in [-0.1, -0.05) is 0 Å². The quantitative estimate of drug-likeness (QED) is 0.792. The van der Waals surface area contributed by atoms with E-state index >= 15 is 0 Å². The number of nitrogens with one attached hydrogen (secondary N) is 1. The molecule has 9 nitrogen and oxygen atoms in total. The van der Waals surface area contributed by atoms with Crippen molar-refractivity contribution < 1.29 is 32.5 Å².